The third kappa shape index (κ3) is 5.97. The molecule has 0 unspecified atom stereocenters. The summed E-state index contributed by atoms with van der Waals surface area (Å²) in [6.45, 7) is 11.1. The molecular weight excluding hydrogens is 382 g/mol. The Balaban J connectivity index is 1.60. The van der Waals surface area contributed by atoms with Gasteiger partial charge in [0.25, 0.3) is 5.91 Å². The number of hydrogen-bond donors (Lipinski definition) is 1. The van der Waals surface area contributed by atoms with Gasteiger partial charge in [-0.2, -0.15) is 0 Å². The summed E-state index contributed by atoms with van der Waals surface area (Å²) in [5.74, 6) is 1.31. The van der Waals surface area contributed by atoms with Crippen LogP contribution >= 0.6 is 0 Å². The summed E-state index contributed by atoms with van der Waals surface area (Å²) in [6.07, 6.45) is 0.842. The molecule has 0 aliphatic rings. The third-order valence-corrected chi connectivity index (χ3v) is 5.82. The fourth-order valence-electron chi connectivity index (χ4n) is 3.50. The van der Waals surface area contributed by atoms with Gasteiger partial charge in [-0.1, -0.05) is 63.2 Å². The highest BCUT2D eigenvalue weighted by molar-refractivity contribution is 5.94. The Kier molecular flexibility index (Phi) is 7.51. The van der Waals surface area contributed by atoms with Crippen LogP contribution in [-0.2, 0) is 6.61 Å². The highest BCUT2D eigenvalue weighted by Crippen LogP contribution is 2.22. The lowest BCUT2D eigenvalue weighted by atomic mass is 9.98. The van der Waals surface area contributed by atoms with Gasteiger partial charge in [-0.15, -0.1) is 0 Å². The Bertz CT molecular complexity index is 1000. The Hall–Kier alpha value is -3.07. The van der Waals surface area contributed by atoms with Crippen LogP contribution in [0.5, 0.6) is 5.75 Å². The fraction of sp³-hybridized carbons (Fsp3) is 0.321. The maximum Gasteiger partial charge on any atom is 0.251 e. The molecule has 1 amide bonds. The molecule has 0 heterocycles. The van der Waals surface area contributed by atoms with E-state index in [2.05, 4.69) is 76.3 Å². The van der Waals surface area contributed by atoms with Gasteiger partial charge in [-0.3, -0.25) is 4.79 Å². The van der Waals surface area contributed by atoms with Crippen molar-refractivity contribution in [2.24, 2.45) is 0 Å². The maximum absolute atomic E-state index is 12.8. The summed E-state index contributed by atoms with van der Waals surface area (Å²) in [5.41, 5.74) is 6.61. The number of hydrogen-bond acceptors (Lipinski definition) is 2. The van der Waals surface area contributed by atoms with E-state index in [4.69, 9.17) is 4.74 Å². The van der Waals surface area contributed by atoms with Crippen molar-refractivity contribution in [3.63, 3.8) is 0 Å². The molecule has 0 aliphatic heterocycles. The number of nitrogens with one attached hydrogen (secondary N) is 1. The maximum atomic E-state index is 12.8. The lowest BCUT2D eigenvalue weighted by Crippen LogP contribution is -2.28. The van der Waals surface area contributed by atoms with E-state index in [-0.39, 0.29) is 11.9 Å². The van der Waals surface area contributed by atoms with E-state index in [1.54, 1.807) is 0 Å². The minimum Gasteiger partial charge on any atom is -0.489 e. The first-order valence-electron chi connectivity index (χ1n) is 11.1. The Morgan fingerprint density at radius 1 is 0.871 bits per heavy atom. The summed E-state index contributed by atoms with van der Waals surface area (Å²) in [4.78, 5) is 12.8. The Morgan fingerprint density at radius 3 is 2.10 bits per heavy atom. The molecule has 0 aliphatic carbocycles. The zero-order valence-electron chi connectivity index (χ0n) is 19.2. The summed E-state index contributed by atoms with van der Waals surface area (Å²) >= 11 is 0. The van der Waals surface area contributed by atoms with Gasteiger partial charge in [0.2, 0.25) is 0 Å². The normalized spacial score (nSPS) is 11.9. The van der Waals surface area contributed by atoms with Crippen molar-refractivity contribution in [3.8, 4) is 5.75 Å². The molecule has 3 aromatic carbocycles. The number of aryl methyl sites for hydroxylation is 2. The summed E-state index contributed by atoms with van der Waals surface area (Å²) in [5, 5.41) is 3.17. The van der Waals surface area contributed by atoms with Gasteiger partial charge in [0, 0.05) is 5.56 Å². The minimum absolute atomic E-state index is 0.00139. The molecule has 3 rings (SSSR count). The van der Waals surface area contributed by atoms with Crippen LogP contribution < -0.4 is 10.1 Å². The van der Waals surface area contributed by atoms with Crippen LogP contribution in [0, 0.1) is 13.8 Å². The largest absolute Gasteiger partial charge is 0.489 e. The SMILES string of the molecule is CC[C@@H](NC(=O)c1ccc(COc2ccc(C)c(C)c2)cc1)c1ccc(C(C)C)cc1. The van der Waals surface area contributed by atoms with E-state index in [1.165, 1.54) is 16.7 Å². The van der Waals surface area contributed by atoms with Crippen molar-refractivity contribution in [1.82, 2.24) is 5.32 Å². The zero-order valence-corrected chi connectivity index (χ0v) is 19.2. The van der Waals surface area contributed by atoms with Crippen LogP contribution in [0.1, 0.15) is 77.3 Å². The number of carbonyl (C=O) groups excluding carboxylic acids is 1. The molecule has 31 heavy (non-hydrogen) atoms. The molecule has 0 bridgehead atoms. The second-order valence-corrected chi connectivity index (χ2v) is 8.49. The highest BCUT2D eigenvalue weighted by atomic mass is 16.5. The quantitative estimate of drug-likeness (QED) is 0.435. The summed E-state index contributed by atoms with van der Waals surface area (Å²) in [7, 11) is 0. The van der Waals surface area contributed by atoms with Gasteiger partial charge in [0.05, 0.1) is 6.04 Å². The van der Waals surface area contributed by atoms with Crippen molar-refractivity contribution in [2.45, 2.75) is 59.6 Å². The monoisotopic (exact) mass is 415 g/mol. The van der Waals surface area contributed by atoms with Gasteiger partial charge >= 0.3 is 0 Å². The molecule has 3 nitrogen and oxygen atoms in total. The van der Waals surface area contributed by atoms with Crippen LogP contribution in [0.3, 0.4) is 0 Å². The molecule has 0 saturated heterocycles. The first-order chi connectivity index (χ1) is 14.9. The summed E-state index contributed by atoms with van der Waals surface area (Å²) in [6, 6.07) is 22.3. The van der Waals surface area contributed by atoms with Crippen LogP contribution in [0.2, 0.25) is 0 Å². The van der Waals surface area contributed by atoms with Crippen molar-refractivity contribution < 1.29 is 9.53 Å². The van der Waals surface area contributed by atoms with Gasteiger partial charge in [0.15, 0.2) is 0 Å². The number of benzene rings is 3. The van der Waals surface area contributed by atoms with E-state index in [0.717, 1.165) is 23.3 Å². The molecule has 3 aromatic rings. The number of rotatable bonds is 8. The lowest BCUT2D eigenvalue weighted by molar-refractivity contribution is 0.0935. The molecule has 0 fully saturated rings. The molecule has 162 valence electrons. The zero-order chi connectivity index (χ0) is 22.4. The smallest absolute Gasteiger partial charge is 0.251 e. The highest BCUT2D eigenvalue weighted by Gasteiger charge is 2.14. The topological polar surface area (TPSA) is 38.3 Å². The third-order valence-electron chi connectivity index (χ3n) is 5.82. The molecular formula is C28H33NO2. The van der Waals surface area contributed by atoms with Crippen molar-refractivity contribution in [3.05, 3.63) is 100 Å². The average molecular weight is 416 g/mol. The second kappa shape index (κ2) is 10.3. The van der Waals surface area contributed by atoms with E-state index in [1.807, 2.05) is 30.3 Å². The molecule has 0 aromatic heterocycles. The van der Waals surface area contributed by atoms with Gasteiger partial charge in [-0.05, 0) is 78.3 Å². The number of carbonyl (C=O) groups is 1. The van der Waals surface area contributed by atoms with Crippen LogP contribution in [0.4, 0.5) is 0 Å². The van der Waals surface area contributed by atoms with Crippen LogP contribution in [-0.4, -0.2) is 5.91 Å². The molecule has 0 radical (unpaired) electrons. The first kappa shape index (κ1) is 22.6. The Labute approximate surface area is 186 Å². The molecule has 1 atom stereocenters. The standard InChI is InChI=1S/C28H33NO2/c1-6-27(24-14-12-23(13-15-24)19(2)3)29-28(30)25-10-8-22(9-11-25)18-31-26-16-7-20(4)21(5)17-26/h7-17,19,27H,6,18H2,1-5H3,(H,29,30)/t27-/m1/s1. The predicted molar refractivity (Wildman–Crippen MR) is 128 cm³/mol. The van der Waals surface area contributed by atoms with Crippen molar-refractivity contribution >= 4 is 5.91 Å². The van der Waals surface area contributed by atoms with E-state index in [9.17, 15) is 4.79 Å². The van der Waals surface area contributed by atoms with E-state index >= 15 is 0 Å². The van der Waals surface area contributed by atoms with Crippen molar-refractivity contribution in [1.29, 1.82) is 0 Å². The van der Waals surface area contributed by atoms with Gasteiger partial charge in [-0.25, -0.2) is 0 Å². The first-order valence-corrected chi connectivity index (χ1v) is 11.1. The van der Waals surface area contributed by atoms with Gasteiger partial charge in [0.1, 0.15) is 12.4 Å². The van der Waals surface area contributed by atoms with Crippen molar-refractivity contribution in [2.75, 3.05) is 0 Å². The molecule has 3 heteroatoms. The molecule has 0 spiro atoms. The van der Waals surface area contributed by atoms with Crippen LogP contribution in [0.25, 0.3) is 0 Å². The number of ether oxygens (including phenoxy) is 1. The lowest BCUT2D eigenvalue weighted by Gasteiger charge is -2.18. The number of amides is 1. The van der Waals surface area contributed by atoms with E-state index < -0.39 is 0 Å². The average Bonchev–Trinajstić information content (AvgIpc) is 2.78. The minimum atomic E-state index is -0.0542. The van der Waals surface area contributed by atoms with Crippen LogP contribution in [0.15, 0.2) is 66.7 Å². The molecule has 0 saturated carbocycles. The van der Waals surface area contributed by atoms with Gasteiger partial charge < -0.3 is 10.1 Å². The predicted octanol–water partition coefficient (Wildman–Crippen LogP) is 6.89. The Morgan fingerprint density at radius 2 is 1.52 bits per heavy atom. The fourth-order valence-corrected chi connectivity index (χ4v) is 3.50. The second-order valence-electron chi connectivity index (χ2n) is 8.49. The summed E-state index contributed by atoms with van der Waals surface area (Å²) < 4.78 is 5.89. The van der Waals surface area contributed by atoms with E-state index in [0.29, 0.717) is 18.1 Å². The molecule has 1 N–H and O–H groups in total.